The van der Waals surface area contributed by atoms with Gasteiger partial charge in [0.2, 0.25) is 5.91 Å². The maximum atomic E-state index is 12.8. The normalized spacial score (nSPS) is 21.7. The van der Waals surface area contributed by atoms with E-state index in [0.29, 0.717) is 35.9 Å². The molecule has 2 aliphatic heterocycles. The summed E-state index contributed by atoms with van der Waals surface area (Å²) in [7, 11) is 0. The quantitative estimate of drug-likeness (QED) is 0.576. The van der Waals surface area contributed by atoms with Crippen LogP contribution < -0.4 is 20.1 Å². The van der Waals surface area contributed by atoms with E-state index < -0.39 is 17.6 Å². The number of hydrogen-bond acceptors (Lipinski definition) is 5. The van der Waals surface area contributed by atoms with E-state index in [1.165, 1.54) is 0 Å². The Morgan fingerprint density at radius 1 is 1.11 bits per heavy atom. The summed E-state index contributed by atoms with van der Waals surface area (Å²) in [5.74, 6) is 1.78. The molecule has 1 fully saturated rings. The molecule has 1 saturated carbocycles. The molecule has 0 bridgehead atoms. The van der Waals surface area contributed by atoms with Gasteiger partial charge in [-0.15, -0.1) is 0 Å². The van der Waals surface area contributed by atoms with Crippen LogP contribution in [0.15, 0.2) is 54.7 Å². The minimum Gasteiger partial charge on any atom is -0.487 e. The van der Waals surface area contributed by atoms with Crippen molar-refractivity contribution in [3.63, 3.8) is 0 Å². The van der Waals surface area contributed by atoms with Gasteiger partial charge in [-0.2, -0.15) is 13.2 Å². The number of anilines is 1. The lowest BCUT2D eigenvalue weighted by Gasteiger charge is -2.19. The predicted molar refractivity (Wildman–Crippen MR) is 118 cm³/mol. The number of halogens is 3. The van der Waals surface area contributed by atoms with Gasteiger partial charge in [0, 0.05) is 29.3 Å². The first kappa shape index (κ1) is 21.5. The number of aromatic nitrogens is 1. The summed E-state index contributed by atoms with van der Waals surface area (Å²) in [4.78, 5) is 28.4. The topological polar surface area (TPSA) is 89.5 Å². The number of hydrogen-bond donors (Lipinski definition) is 2. The summed E-state index contributed by atoms with van der Waals surface area (Å²) in [6, 6.07) is 11.0. The van der Waals surface area contributed by atoms with Crippen molar-refractivity contribution < 1.29 is 32.2 Å². The molecule has 35 heavy (non-hydrogen) atoms. The fourth-order valence-corrected chi connectivity index (χ4v) is 4.60. The molecule has 3 atom stereocenters. The van der Waals surface area contributed by atoms with Crippen LogP contribution in [0.1, 0.15) is 39.4 Å². The highest BCUT2D eigenvalue weighted by atomic mass is 19.4. The predicted octanol–water partition coefficient (Wildman–Crippen LogP) is 4.43. The van der Waals surface area contributed by atoms with Crippen molar-refractivity contribution in [2.45, 2.75) is 37.1 Å². The summed E-state index contributed by atoms with van der Waals surface area (Å²) >= 11 is 0. The van der Waals surface area contributed by atoms with Crippen LogP contribution in [0.2, 0.25) is 0 Å². The van der Waals surface area contributed by atoms with Crippen LogP contribution in [0.3, 0.4) is 0 Å². The Bertz CT molecular complexity index is 1360. The van der Waals surface area contributed by atoms with Gasteiger partial charge in [0.1, 0.15) is 29.2 Å². The second-order valence-corrected chi connectivity index (χ2v) is 8.67. The molecule has 1 aliphatic carbocycles. The lowest BCUT2D eigenvalue weighted by atomic mass is 10.1. The molecule has 0 radical (unpaired) electrons. The zero-order valence-corrected chi connectivity index (χ0v) is 18.1. The van der Waals surface area contributed by atoms with Gasteiger partial charge in [0.15, 0.2) is 0 Å². The van der Waals surface area contributed by atoms with E-state index in [9.17, 15) is 22.8 Å². The van der Waals surface area contributed by atoms with Gasteiger partial charge in [-0.05, 0) is 55.0 Å². The first-order valence-corrected chi connectivity index (χ1v) is 11.0. The number of alkyl halides is 3. The lowest BCUT2D eigenvalue weighted by molar-refractivity contribution is -0.137. The van der Waals surface area contributed by atoms with Crippen LogP contribution in [0.5, 0.6) is 17.2 Å². The number of rotatable bonds is 4. The summed E-state index contributed by atoms with van der Waals surface area (Å²) < 4.78 is 50.3. The molecule has 178 valence electrons. The van der Waals surface area contributed by atoms with Crippen LogP contribution in [-0.4, -0.2) is 28.9 Å². The van der Waals surface area contributed by atoms with Crippen LogP contribution in [0.25, 0.3) is 0 Å². The molecule has 7 nitrogen and oxygen atoms in total. The third-order valence-electron chi connectivity index (χ3n) is 6.43. The average Bonchev–Trinajstić information content (AvgIpc) is 3.35. The third kappa shape index (κ3) is 3.84. The maximum Gasteiger partial charge on any atom is 0.416 e. The zero-order chi connectivity index (χ0) is 24.3. The van der Waals surface area contributed by atoms with Crippen molar-refractivity contribution in [1.82, 2.24) is 10.3 Å². The van der Waals surface area contributed by atoms with Crippen molar-refractivity contribution >= 4 is 17.6 Å². The van der Waals surface area contributed by atoms with Crippen LogP contribution in [0.4, 0.5) is 19.0 Å². The smallest absolute Gasteiger partial charge is 0.416 e. The van der Waals surface area contributed by atoms with E-state index in [2.05, 4.69) is 15.6 Å². The zero-order valence-electron chi connectivity index (χ0n) is 18.1. The molecule has 10 heteroatoms. The van der Waals surface area contributed by atoms with Gasteiger partial charge in [0.25, 0.3) is 5.91 Å². The van der Waals surface area contributed by atoms with Gasteiger partial charge < -0.3 is 20.1 Å². The van der Waals surface area contributed by atoms with Crippen molar-refractivity contribution in [2.24, 2.45) is 0 Å². The van der Waals surface area contributed by atoms with Crippen LogP contribution in [0, 0.1) is 0 Å². The average molecular weight is 481 g/mol. The Morgan fingerprint density at radius 2 is 1.91 bits per heavy atom. The van der Waals surface area contributed by atoms with E-state index >= 15 is 0 Å². The fraction of sp³-hybridized carbons (Fsp3) is 0.240. The fourth-order valence-electron chi connectivity index (χ4n) is 4.60. The van der Waals surface area contributed by atoms with Crippen molar-refractivity contribution in [3.05, 3.63) is 77.0 Å². The molecular weight excluding hydrogens is 463 g/mol. The molecule has 1 aromatic heterocycles. The standard InChI is InChI=1S/C25H18F3N3O4/c26-25(27,28)13-3-1-12(2-4-13)24(33)31-21-20-16-11-14(5-7-17(16)35-22(20)21)34-18-9-10-29-23-15(18)6-8-19(32)30-23/h1-5,7,9-11,20-22H,6,8H2,(H,31,33)(H,29,30,32)/t20-,21-,22-/m0/s1. The minimum absolute atomic E-state index is 0.0717. The van der Waals surface area contributed by atoms with Crippen LogP contribution in [-0.2, 0) is 17.4 Å². The molecule has 0 saturated heterocycles. The molecule has 2 aromatic carbocycles. The third-order valence-corrected chi connectivity index (χ3v) is 6.43. The molecule has 3 aromatic rings. The van der Waals surface area contributed by atoms with Gasteiger partial charge in [-0.1, -0.05) is 0 Å². The van der Waals surface area contributed by atoms with Crippen LogP contribution >= 0.6 is 0 Å². The SMILES string of the molecule is O=C1CCc2c(Oc3ccc4c(c3)[C@H]3[C@H](NC(=O)c5ccc(C(F)(F)F)cc5)[C@H]3O4)ccnc2N1. The van der Waals surface area contributed by atoms with E-state index in [1.54, 1.807) is 24.4 Å². The summed E-state index contributed by atoms with van der Waals surface area (Å²) in [6.45, 7) is 0. The van der Waals surface area contributed by atoms with Crippen molar-refractivity contribution in [3.8, 4) is 17.2 Å². The van der Waals surface area contributed by atoms with E-state index in [0.717, 1.165) is 35.4 Å². The van der Waals surface area contributed by atoms with Gasteiger partial charge in [-0.3, -0.25) is 9.59 Å². The maximum absolute atomic E-state index is 12.8. The lowest BCUT2D eigenvalue weighted by Crippen LogP contribution is -2.30. The molecular formula is C25H18F3N3O4. The van der Waals surface area contributed by atoms with Gasteiger partial charge in [-0.25, -0.2) is 4.98 Å². The Hall–Kier alpha value is -4.08. The summed E-state index contributed by atoms with van der Waals surface area (Å²) in [6.07, 6.45) is -2.23. The summed E-state index contributed by atoms with van der Waals surface area (Å²) in [5.41, 5.74) is 1.06. The van der Waals surface area contributed by atoms with E-state index in [4.69, 9.17) is 9.47 Å². The molecule has 0 spiro atoms. The summed E-state index contributed by atoms with van der Waals surface area (Å²) in [5, 5.41) is 5.59. The first-order chi connectivity index (χ1) is 16.8. The number of amides is 2. The number of nitrogens with zero attached hydrogens (tertiary/aromatic N) is 1. The largest absolute Gasteiger partial charge is 0.487 e. The number of benzene rings is 2. The first-order valence-electron chi connectivity index (χ1n) is 11.0. The van der Waals surface area contributed by atoms with E-state index in [-0.39, 0.29) is 29.5 Å². The molecule has 2 N–H and O–H groups in total. The number of nitrogens with one attached hydrogen (secondary N) is 2. The second-order valence-electron chi connectivity index (χ2n) is 8.67. The van der Waals surface area contributed by atoms with Gasteiger partial charge >= 0.3 is 6.18 Å². The number of carbonyl (C=O) groups excluding carboxylic acids is 2. The number of pyridine rings is 1. The van der Waals surface area contributed by atoms with Crippen molar-refractivity contribution in [1.29, 1.82) is 0 Å². The van der Waals surface area contributed by atoms with E-state index in [1.807, 2.05) is 6.07 Å². The minimum atomic E-state index is -4.46. The van der Waals surface area contributed by atoms with Crippen molar-refractivity contribution in [2.75, 3.05) is 5.32 Å². The Kier molecular flexibility index (Phi) is 4.73. The molecule has 3 heterocycles. The Morgan fingerprint density at radius 3 is 2.69 bits per heavy atom. The highest BCUT2D eigenvalue weighted by Gasteiger charge is 2.59. The second kappa shape index (κ2) is 7.72. The Balaban J connectivity index is 1.16. The number of ether oxygens (including phenoxy) is 2. The Labute approximate surface area is 197 Å². The highest BCUT2D eigenvalue weighted by molar-refractivity contribution is 5.95. The molecule has 6 rings (SSSR count). The number of fused-ring (bicyclic) bond motifs is 4. The number of carbonyl (C=O) groups is 2. The molecule has 3 aliphatic rings. The highest BCUT2D eigenvalue weighted by Crippen LogP contribution is 2.54. The van der Waals surface area contributed by atoms with Gasteiger partial charge in [0.05, 0.1) is 17.5 Å². The molecule has 0 unspecified atom stereocenters. The molecule has 2 amide bonds. The monoisotopic (exact) mass is 481 g/mol.